The fraction of sp³-hybridized carbons (Fsp3) is 0.800. The van der Waals surface area contributed by atoms with Gasteiger partial charge in [-0.25, -0.2) is 9.59 Å². The van der Waals surface area contributed by atoms with Gasteiger partial charge < -0.3 is 29.9 Å². The Morgan fingerprint density at radius 3 is 1.70 bits per heavy atom. The molecule has 0 aromatic heterocycles. The molecule has 172 valence electrons. The number of nitrogens with zero attached hydrogens (tertiary/aromatic N) is 2. The molecule has 2 fully saturated rings. The molecule has 0 aromatic carbocycles. The lowest BCUT2D eigenvalue weighted by atomic mass is 10.2. The molecule has 2 rings (SSSR count). The molecule has 2 heterocycles. The predicted octanol–water partition coefficient (Wildman–Crippen LogP) is 2.29. The van der Waals surface area contributed by atoms with Crippen LogP contribution in [0.15, 0.2) is 0 Å². The third-order valence-electron chi connectivity index (χ3n) is 3.93. The number of carbonyl (C=O) groups is 3. The van der Waals surface area contributed by atoms with Gasteiger partial charge in [-0.1, -0.05) is 12.2 Å². The molecule has 0 spiro atoms. The Hall–Kier alpha value is -2.10. The average Bonchev–Trinajstić information content (AvgIpc) is 2.92. The Morgan fingerprint density at radius 1 is 0.800 bits per heavy atom. The number of hydrogen-bond acceptors (Lipinski definition) is 6. The first kappa shape index (κ1) is 25.9. The lowest BCUT2D eigenvalue weighted by Gasteiger charge is -2.25. The van der Waals surface area contributed by atoms with E-state index in [4.69, 9.17) is 21.7 Å². The largest absolute Gasteiger partial charge is 0.444 e. The molecule has 0 bridgehead atoms. The maximum atomic E-state index is 11.7. The molecule has 9 nitrogen and oxygen atoms in total. The molecular weight excluding hydrogens is 408 g/mol. The zero-order valence-electron chi connectivity index (χ0n) is 19.0. The van der Waals surface area contributed by atoms with Crippen molar-refractivity contribution in [2.24, 2.45) is 0 Å². The topological polar surface area (TPSA) is 100 Å². The van der Waals surface area contributed by atoms with Crippen molar-refractivity contribution in [2.45, 2.75) is 65.6 Å². The molecule has 0 unspecified atom stereocenters. The van der Waals surface area contributed by atoms with Gasteiger partial charge in [0.1, 0.15) is 11.2 Å². The predicted molar refractivity (Wildman–Crippen MR) is 118 cm³/mol. The van der Waals surface area contributed by atoms with Gasteiger partial charge >= 0.3 is 12.2 Å². The summed E-state index contributed by atoms with van der Waals surface area (Å²) >= 11 is 5.05. The Balaban J connectivity index is 0.000000300. The number of amides is 3. The fourth-order valence-electron chi connectivity index (χ4n) is 2.55. The second-order valence-electron chi connectivity index (χ2n) is 9.13. The van der Waals surface area contributed by atoms with E-state index in [2.05, 4.69) is 10.6 Å². The van der Waals surface area contributed by atoms with Crippen LogP contribution in [0, 0.1) is 0 Å². The van der Waals surface area contributed by atoms with Crippen molar-refractivity contribution in [1.29, 1.82) is 0 Å². The number of thiocarbonyl (C=S) groups is 1. The van der Waals surface area contributed by atoms with E-state index in [0.29, 0.717) is 52.1 Å². The van der Waals surface area contributed by atoms with Crippen LogP contribution in [0.2, 0.25) is 0 Å². The van der Waals surface area contributed by atoms with E-state index >= 15 is 0 Å². The molecule has 0 atom stereocenters. The summed E-state index contributed by atoms with van der Waals surface area (Å²) in [6.07, 6.45) is 0.460. The molecule has 2 aliphatic heterocycles. The maximum Gasteiger partial charge on any atom is 0.410 e. The summed E-state index contributed by atoms with van der Waals surface area (Å²) in [5, 5.41) is 5.78. The third kappa shape index (κ3) is 11.2. The lowest BCUT2D eigenvalue weighted by Crippen LogP contribution is -2.38. The smallest absolute Gasteiger partial charge is 0.410 e. The molecular formula is C20H36N4O5S. The van der Waals surface area contributed by atoms with E-state index in [1.54, 1.807) is 9.80 Å². The van der Waals surface area contributed by atoms with Crippen molar-refractivity contribution in [3.63, 3.8) is 0 Å². The van der Waals surface area contributed by atoms with Crippen molar-refractivity contribution in [2.75, 3.05) is 39.3 Å². The second-order valence-corrected chi connectivity index (χ2v) is 9.63. The van der Waals surface area contributed by atoms with Crippen LogP contribution in [0.1, 0.15) is 54.4 Å². The summed E-state index contributed by atoms with van der Waals surface area (Å²) in [6.45, 7) is 14.5. The molecule has 0 saturated carbocycles. The fourth-order valence-corrected chi connectivity index (χ4v) is 2.75. The number of ether oxygens (including phenoxy) is 2. The molecule has 0 radical (unpaired) electrons. The van der Waals surface area contributed by atoms with Crippen molar-refractivity contribution in [3.8, 4) is 0 Å². The van der Waals surface area contributed by atoms with E-state index < -0.39 is 11.2 Å². The summed E-state index contributed by atoms with van der Waals surface area (Å²) in [5.74, 6) is -0.0129. The Labute approximate surface area is 184 Å². The Morgan fingerprint density at radius 2 is 1.23 bits per heavy atom. The van der Waals surface area contributed by atoms with Crippen LogP contribution in [0.3, 0.4) is 0 Å². The maximum absolute atomic E-state index is 11.7. The van der Waals surface area contributed by atoms with Crippen molar-refractivity contribution in [1.82, 2.24) is 20.4 Å². The van der Waals surface area contributed by atoms with E-state index in [0.717, 1.165) is 4.99 Å². The van der Waals surface area contributed by atoms with E-state index in [-0.39, 0.29) is 18.1 Å². The van der Waals surface area contributed by atoms with E-state index in [9.17, 15) is 14.4 Å². The number of hydrogen-bond donors (Lipinski definition) is 2. The summed E-state index contributed by atoms with van der Waals surface area (Å²) in [7, 11) is 0. The van der Waals surface area contributed by atoms with Crippen molar-refractivity contribution in [3.05, 3.63) is 0 Å². The van der Waals surface area contributed by atoms with Crippen LogP contribution in [-0.4, -0.2) is 83.4 Å². The van der Waals surface area contributed by atoms with Gasteiger partial charge in [-0.3, -0.25) is 4.79 Å². The lowest BCUT2D eigenvalue weighted by molar-refractivity contribution is -0.120. The quantitative estimate of drug-likeness (QED) is 0.553. The molecule has 2 N–H and O–H groups in total. The molecule has 0 aromatic rings. The summed E-state index contributed by atoms with van der Waals surface area (Å²) in [6, 6.07) is 0. The van der Waals surface area contributed by atoms with Crippen LogP contribution in [0.5, 0.6) is 0 Å². The average molecular weight is 445 g/mol. The zero-order valence-corrected chi connectivity index (χ0v) is 19.8. The van der Waals surface area contributed by atoms with Crippen molar-refractivity contribution < 1.29 is 23.9 Å². The van der Waals surface area contributed by atoms with Crippen LogP contribution in [0.25, 0.3) is 0 Å². The number of rotatable bonds is 0. The highest BCUT2D eigenvalue weighted by atomic mass is 32.1. The number of carbonyl (C=O) groups excluding carboxylic acids is 3. The van der Waals surface area contributed by atoms with Gasteiger partial charge in [-0.2, -0.15) is 0 Å². The monoisotopic (exact) mass is 444 g/mol. The van der Waals surface area contributed by atoms with E-state index in [1.165, 1.54) is 0 Å². The van der Waals surface area contributed by atoms with Crippen LogP contribution in [-0.2, 0) is 14.3 Å². The van der Waals surface area contributed by atoms with Gasteiger partial charge in [0.05, 0.1) is 4.99 Å². The van der Waals surface area contributed by atoms with E-state index in [1.807, 2.05) is 41.5 Å². The highest BCUT2D eigenvalue weighted by Crippen LogP contribution is 2.11. The van der Waals surface area contributed by atoms with Gasteiger partial charge in [-0.15, -0.1) is 0 Å². The minimum Gasteiger partial charge on any atom is -0.444 e. The Bertz CT molecular complexity index is 574. The normalized spacial score (nSPS) is 18.1. The zero-order chi connectivity index (χ0) is 22.9. The first-order valence-electron chi connectivity index (χ1n) is 10.3. The van der Waals surface area contributed by atoms with Gasteiger partial charge in [0.25, 0.3) is 0 Å². The molecule has 0 aliphatic carbocycles. The SMILES string of the molecule is CC(C)(C)OC(=O)N1CCNC(=O)CC1.CC(C)(C)OC(=O)N1CCNC(=S)CC1. The van der Waals surface area contributed by atoms with Crippen LogP contribution >= 0.6 is 12.2 Å². The summed E-state index contributed by atoms with van der Waals surface area (Å²) < 4.78 is 10.5. The van der Waals surface area contributed by atoms with Gasteiger partial charge in [-0.05, 0) is 41.5 Å². The van der Waals surface area contributed by atoms with Crippen molar-refractivity contribution >= 4 is 35.3 Å². The molecule has 2 saturated heterocycles. The van der Waals surface area contributed by atoms with Crippen LogP contribution in [0.4, 0.5) is 9.59 Å². The molecule has 30 heavy (non-hydrogen) atoms. The minimum absolute atomic E-state index is 0.0129. The highest BCUT2D eigenvalue weighted by molar-refractivity contribution is 7.80. The van der Waals surface area contributed by atoms with Crippen LogP contribution < -0.4 is 10.6 Å². The second kappa shape index (κ2) is 11.3. The third-order valence-corrected chi connectivity index (χ3v) is 4.28. The minimum atomic E-state index is -0.485. The van der Waals surface area contributed by atoms with Gasteiger partial charge in [0.15, 0.2) is 0 Å². The molecule has 10 heteroatoms. The summed E-state index contributed by atoms with van der Waals surface area (Å²) in [5.41, 5.74) is -0.919. The highest BCUT2D eigenvalue weighted by Gasteiger charge is 2.24. The standard InChI is InChI=1S/C10H18N2O3.C10H18N2O2S/c1-10(2,3)15-9(14)12-6-4-8(13)11-5-7-12;1-10(2,3)14-9(13)12-6-4-8(15)11-5-7-12/h4-7H2,1-3H3,(H,11,13);4-7H2,1-3H3,(H,11,15). The summed E-state index contributed by atoms with van der Waals surface area (Å²) in [4.78, 5) is 38.5. The van der Waals surface area contributed by atoms with Gasteiger partial charge in [0.2, 0.25) is 5.91 Å². The molecule has 2 aliphatic rings. The van der Waals surface area contributed by atoms with Gasteiger partial charge in [0, 0.05) is 52.1 Å². The first-order valence-corrected chi connectivity index (χ1v) is 10.7. The molecule has 3 amide bonds. The Kier molecular flexibility index (Phi) is 9.80. The first-order chi connectivity index (χ1) is 13.8. The number of nitrogens with one attached hydrogen (secondary N) is 2.